The van der Waals surface area contributed by atoms with Crippen molar-refractivity contribution < 1.29 is 19.1 Å². The highest BCUT2D eigenvalue weighted by Gasteiger charge is 2.40. The number of aromatic nitrogens is 1. The van der Waals surface area contributed by atoms with Crippen LogP contribution in [0.1, 0.15) is 56.4 Å². The van der Waals surface area contributed by atoms with Crippen molar-refractivity contribution in [2.75, 3.05) is 39.3 Å². The largest absolute Gasteiger partial charge is 0.409 e. The maximum Gasteiger partial charge on any atom is 0.283 e. The van der Waals surface area contributed by atoms with Gasteiger partial charge in [0.2, 0.25) is 0 Å². The number of benzene rings is 3. The number of pyridine rings is 1. The predicted molar refractivity (Wildman–Crippen MR) is 196 cm³/mol. The van der Waals surface area contributed by atoms with Gasteiger partial charge < -0.3 is 29.3 Å². The summed E-state index contributed by atoms with van der Waals surface area (Å²) in [5, 5.41) is 16.1. The lowest BCUT2D eigenvalue weighted by molar-refractivity contribution is -0.0272. The highest BCUT2D eigenvalue weighted by atomic mass is 28.4. The molecule has 1 aliphatic heterocycles. The van der Waals surface area contributed by atoms with Gasteiger partial charge in [0.25, 0.3) is 5.56 Å². The van der Waals surface area contributed by atoms with Crippen molar-refractivity contribution in [1.82, 2.24) is 14.9 Å². The Balaban J connectivity index is 1.25. The fraction of sp³-hybridized carbons (Fsp3) is 0.462. The van der Waals surface area contributed by atoms with Gasteiger partial charge in [0.15, 0.2) is 8.32 Å². The maximum absolute atomic E-state index is 13.0. The Morgan fingerprint density at radius 2 is 1.52 bits per heavy atom. The first-order valence-electron chi connectivity index (χ1n) is 17.2. The van der Waals surface area contributed by atoms with Crippen LogP contribution in [-0.2, 0) is 22.4 Å². The van der Waals surface area contributed by atoms with E-state index in [0.717, 1.165) is 36.1 Å². The quantitative estimate of drug-likeness (QED) is 0.113. The van der Waals surface area contributed by atoms with Gasteiger partial charge in [-0.15, -0.1) is 4.73 Å². The van der Waals surface area contributed by atoms with Crippen molar-refractivity contribution in [3.8, 4) is 0 Å². The van der Waals surface area contributed by atoms with Gasteiger partial charge in [-0.25, -0.2) is 0 Å². The zero-order valence-corrected chi connectivity index (χ0v) is 30.3. The summed E-state index contributed by atoms with van der Waals surface area (Å²) in [5.74, 6) is 0. The molecule has 0 radical (unpaired) electrons. The van der Waals surface area contributed by atoms with E-state index in [1.54, 1.807) is 6.07 Å². The van der Waals surface area contributed by atoms with Crippen LogP contribution in [0.5, 0.6) is 0 Å². The first-order valence-corrected chi connectivity index (χ1v) is 20.1. The molecule has 1 atom stereocenters. The molecule has 5 rings (SSSR count). The van der Waals surface area contributed by atoms with Crippen LogP contribution in [0.2, 0.25) is 18.1 Å². The smallest absolute Gasteiger partial charge is 0.283 e. The van der Waals surface area contributed by atoms with E-state index in [9.17, 15) is 9.90 Å². The number of aliphatic hydroxyl groups is 1. The molecule has 4 aromatic rings. The van der Waals surface area contributed by atoms with Crippen LogP contribution in [0.25, 0.3) is 10.9 Å². The molecule has 1 aliphatic rings. The summed E-state index contributed by atoms with van der Waals surface area (Å²) in [6.45, 7) is 16.4. The average Bonchev–Trinajstić information content (AvgIpc) is 3.07. The highest BCUT2D eigenvalue weighted by Crippen LogP contribution is 2.40. The van der Waals surface area contributed by atoms with Crippen LogP contribution in [-0.4, -0.2) is 68.0 Å². The second-order valence-corrected chi connectivity index (χ2v) is 19.4. The number of ether oxygens (including phenoxy) is 1. The molecule has 48 heavy (non-hydrogen) atoms. The van der Waals surface area contributed by atoms with Crippen molar-refractivity contribution >= 4 is 19.2 Å². The molecule has 0 saturated carbocycles. The molecule has 2 N–H and O–H groups in total. The first-order chi connectivity index (χ1) is 22.9. The standard InChI is InChI=1S/C39H53N3O5Si/c1-38(2,3)48(4,5)47-36(27-40-30-39(44)21-23-41(24-22-39)25-26-45-28-31-13-8-6-9-14-31)34-17-12-18-35-33(34)19-20-37(43)42(35)46-29-32-15-10-7-11-16-32/h6-20,36,40,44H,21-30H2,1-5H3. The Hall–Kier alpha value is -3.31. The second-order valence-electron chi connectivity index (χ2n) is 14.6. The summed E-state index contributed by atoms with van der Waals surface area (Å²) in [4.78, 5) is 21.4. The van der Waals surface area contributed by atoms with Crippen LogP contribution < -0.4 is 15.7 Å². The summed E-state index contributed by atoms with van der Waals surface area (Å²) in [6.07, 6.45) is 1.12. The Morgan fingerprint density at radius 3 is 2.17 bits per heavy atom. The van der Waals surface area contributed by atoms with Crippen LogP contribution in [0.3, 0.4) is 0 Å². The summed E-state index contributed by atoms with van der Waals surface area (Å²) < 4.78 is 14.4. The summed E-state index contributed by atoms with van der Waals surface area (Å²) in [6, 6.07) is 29.5. The molecule has 0 amide bonds. The molecular weight excluding hydrogens is 619 g/mol. The first kappa shape index (κ1) is 36.0. The van der Waals surface area contributed by atoms with Gasteiger partial charge in [-0.3, -0.25) is 4.79 Å². The Morgan fingerprint density at radius 1 is 0.875 bits per heavy atom. The molecule has 1 saturated heterocycles. The van der Waals surface area contributed by atoms with Crippen LogP contribution in [0, 0.1) is 0 Å². The lowest BCUT2D eigenvalue weighted by atomic mass is 9.91. The zero-order valence-electron chi connectivity index (χ0n) is 29.3. The highest BCUT2D eigenvalue weighted by molar-refractivity contribution is 6.74. The number of hydrogen-bond donors (Lipinski definition) is 2. The minimum atomic E-state index is -2.20. The van der Waals surface area contributed by atoms with Gasteiger partial charge in [-0.1, -0.05) is 93.6 Å². The molecule has 0 bridgehead atoms. The molecule has 3 aromatic carbocycles. The Labute approximate surface area is 286 Å². The van der Waals surface area contributed by atoms with E-state index < -0.39 is 13.9 Å². The van der Waals surface area contributed by atoms with E-state index in [1.807, 2.05) is 66.7 Å². The zero-order chi connectivity index (χ0) is 34.2. The van der Waals surface area contributed by atoms with E-state index in [4.69, 9.17) is 14.0 Å². The van der Waals surface area contributed by atoms with Gasteiger partial charge >= 0.3 is 0 Å². The molecule has 1 aromatic heterocycles. The van der Waals surface area contributed by atoms with Crippen LogP contribution in [0.4, 0.5) is 0 Å². The fourth-order valence-corrected chi connectivity index (χ4v) is 7.18. The van der Waals surface area contributed by atoms with Gasteiger partial charge in [0.1, 0.15) is 6.61 Å². The van der Waals surface area contributed by atoms with E-state index >= 15 is 0 Å². The summed E-state index contributed by atoms with van der Waals surface area (Å²) in [5.41, 5.74) is 2.88. The third-order valence-corrected chi connectivity index (χ3v) is 14.4. The van der Waals surface area contributed by atoms with Crippen molar-refractivity contribution in [3.05, 3.63) is 118 Å². The third kappa shape index (κ3) is 9.43. The monoisotopic (exact) mass is 671 g/mol. The van der Waals surface area contributed by atoms with Gasteiger partial charge in [0, 0.05) is 44.2 Å². The van der Waals surface area contributed by atoms with Crippen LogP contribution >= 0.6 is 0 Å². The van der Waals surface area contributed by atoms with Crippen LogP contribution in [0.15, 0.2) is 95.8 Å². The number of rotatable bonds is 15. The molecule has 258 valence electrons. The molecule has 9 heteroatoms. The van der Waals surface area contributed by atoms with Crippen molar-refractivity contribution in [2.24, 2.45) is 0 Å². The predicted octanol–water partition coefficient (Wildman–Crippen LogP) is 6.33. The molecule has 0 aliphatic carbocycles. The number of nitrogens with one attached hydrogen (secondary N) is 1. The molecule has 0 spiro atoms. The molecule has 2 heterocycles. The van der Waals surface area contributed by atoms with Crippen molar-refractivity contribution in [2.45, 2.75) is 76.7 Å². The molecular formula is C39H53N3O5Si. The molecule has 1 fully saturated rings. The molecule has 1 unspecified atom stereocenters. The van der Waals surface area contributed by atoms with E-state index in [-0.39, 0.29) is 23.3 Å². The Kier molecular flexibility index (Phi) is 11.9. The minimum absolute atomic E-state index is 0.00652. The fourth-order valence-electron chi connectivity index (χ4n) is 5.91. The van der Waals surface area contributed by atoms with E-state index in [1.165, 1.54) is 10.3 Å². The Bertz CT molecular complexity index is 1650. The SMILES string of the molecule is CC(C)(C)[Si](C)(C)OC(CNCC1(O)CCN(CCOCc2ccccc2)CC1)c1cccc2c1ccc(=O)n2OCc1ccccc1. The minimum Gasteiger partial charge on any atom is -0.409 e. The average molecular weight is 672 g/mol. The normalized spacial score (nSPS) is 16.2. The van der Waals surface area contributed by atoms with E-state index in [2.05, 4.69) is 62.3 Å². The topological polar surface area (TPSA) is 85.2 Å². The molecule has 8 nitrogen and oxygen atoms in total. The lowest BCUT2D eigenvalue weighted by Crippen LogP contribution is -2.51. The second kappa shape index (κ2) is 15.9. The van der Waals surface area contributed by atoms with Crippen molar-refractivity contribution in [1.29, 1.82) is 0 Å². The number of likely N-dealkylation sites (tertiary alicyclic amines) is 1. The van der Waals surface area contributed by atoms with Gasteiger partial charge in [-0.05, 0) is 59.8 Å². The van der Waals surface area contributed by atoms with Gasteiger partial charge in [0.05, 0.1) is 30.4 Å². The van der Waals surface area contributed by atoms with Crippen molar-refractivity contribution in [3.63, 3.8) is 0 Å². The van der Waals surface area contributed by atoms with Gasteiger partial charge in [-0.2, -0.15) is 0 Å². The number of fused-ring (bicyclic) bond motifs is 1. The lowest BCUT2D eigenvalue weighted by Gasteiger charge is -2.41. The number of hydrogen-bond acceptors (Lipinski definition) is 7. The maximum atomic E-state index is 13.0. The number of nitrogens with zero attached hydrogens (tertiary/aromatic N) is 2. The number of piperidine rings is 1. The summed E-state index contributed by atoms with van der Waals surface area (Å²) >= 11 is 0. The summed E-state index contributed by atoms with van der Waals surface area (Å²) in [7, 11) is -2.20. The third-order valence-electron chi connectivity index (χ3n) is 9.96. The van der Waals surface area contributed by atoms with E-state index in [0.29, 0.717) is 44.7 Å².